The third-order valence-corrected chi connectivity index (χ3v) is 2.46. The molecule has 0 spiro atoms. The van der Waals surface area contributed by atoms with Crippen LogP contribution in [0.2, 0.25) is 0 Å². The van der Waals surface area contributed by atoms with Crippen LogP contribution in [0, 0.1) is 0 Å². The number of hydrogen-bond acceptors (Lipinski definition) is 3. The number of phenolic OH excluding ortho intramolecular Hbond substituents is 1. The number of nitrogens with two attached hydrogens (primary N) is 2. The zero-order valence-corrected chi connectivity index (χ0v) is 10.2. The summed E-state index contributed by atoms with van der Waals surface area (Å²) in [7, 11) is 0. The predicted molar refractivity (Wildman–Crippen MR) is 77.8 cm³/mol. The van der Waals surface area contributed by atoms with E-state index >= 15 is 0 Å². The molecule has 96 valence electrons. The third-order valence-electron chi connectivity index (χ3n) is 2.46. The van der Waals surface area contributed by atoms with Crippen LogP contribution < -0.4 is 11.5 Å². The van der Waals surface area contributed by atoms with Gasteiger partial charge in [0.1, 0.15) is 17.9 Å². The summed E-state index contributed by atoms with van der Waals surface area (Å²) in [5.74, 6) is 0.561. The highest BCUT2D eigenvalue weighted by Gasteiger charge is 1.96. The first-order valence-electron chi connectivity index (χ1n) is 5.66. The van der Waals surface area contributed by atoms with E-state index in [4.69, 9.17) is 16.6 Å². The molecule has 0 saturated carbocycles. The maximum Gasteiger partial charge on any atom is 0.132 e. The number of amidine groups is 1. The molecule has 0 aromatic heterocycles. The van der Waals surface area contributed by atoms with E-state index in [-0.39, 0.29) is 5.75 Å². The Labute approximate surface area is 110 Å². The summed E-state index contributed by atoms with van der Waals surface area (Å²) in [4.78, 5) is 8.14. The lowest BCUT2D eigenvalue weighted by Gasteiger charge is -1.99. The number of hydrogen-bond donors (Lipinski definition) is 3. The van der Waals surface area contributed by atoms with Gasteiger partial charge in [-0.05, 0) is 48.5 Å². The second-order valence-corrected chi connectivity index (χ2v) is 3.90. The normalized spacial score (nSPS) is 11.9. The van der Waals surface area contributed by atoms with Crippen LogP contribution in [0.15, 0.2) is 58.5 Å². The van der Waals surface area contributed by atoms with E-state index in [1.165, 1.54) is 6.34 Å². The Kier molecular flexibility index (Phi) is 3.78. The number of nitrogen functional groups attached to an aromatic ring is 1. The lowest BCUT2D eigenvalue weighted by atomic mass is 10.2. The second-order valence-electron chi connectivity index (χ2n) is 3.90. The van der Waals surface area contributed by atoms with Gasteiger partial charge in [-0.3, -0.25) is 0 Å². The predicted octanol–water partition coefficient (Wildman–Crippen LogP) is 2.04. The number of aromatic hydroxyl groups is 1. The number of anilines is 1. The Hall–Kier alpha value is -2.82. The summed E-state index contributed by atoms with van der Waals surface area (Å²) >= 11 is 0. The summed E-state index contributed by atoms with van der Waals surface area (Å²) in [5, 5.41) is 9.13. The van der Waals surface area contributed by atoms with E-state index in [0.29, 0.717) is 17.2 Å². The molecule has 0 aliphatic carbocycles. The molecule has 5 heteroatoms. The quantitative estimate of drug-likeness (QED) is 0.444. The molecule has 5 N–H and O–H groups in total. The van der Waals surface area contributed by atoms with E-state index in [2.05, 4.69) is 9.98 Å². The fraction of sp³-hybridized carbons (Fsp3) is 0. The molecule has 0 unspecified atom stereocenters. The Bertz CT molecular complexity index is 600. The van der Waals surface area contributed by atoms with E-state index < -0.39 is 0 Å². The molecule has 0 fully saturated rings. The monoisotopic (exact) mass is 254 g/mol. The standard InChI is InChI=1S/C14H14N4O/c15-11-3-1-10(2-4-11)14(16)18-9-17-12-5-7-13(19)8-6-12/h1-9,19H,15H2,(H2,16,17,18). The van der Waals surface area contributed by atoms with E-state index in [0.717, 1.165) is 5.56 Å². The minimum Gasteiger partial charge on any atom is -0.508 e. The van der Waals surface area contributed by atoms with Crippen LogP contribution in [0.3, 0.4) is 0 Å². The molecule has 2 aromatic carbocycles. The molecule has 0 aliphatic heterocycles. The third kappa shape index (κ3) is 3.57. The maximum absolute atomic E-state index is 9.13. The molecule has 2 aromatic rings. The molecule has 0 amide bonds. The fourth-order valence-electron chi connectivity index (χ4n) is 1.42. The molecule has 0 heterocycles. The average molecular weight is 254 g/mol. The van der Waals surface area contributed by atoms with Crippen LogP contribution >= 0.6 is 0 Å². The number of aliphatic imine (C=N–C) groups is 2. The van der Waals surface area contributed by atoms with Crippen LogP contribution in [0.4, 0.5) is 11.4 Å². The highest BCUT2D eigenvalue weighted by molar-refractivity contribution is 6.01. The van der Waals surface area contributed by atoms with Crippen molar-refractivity contribution in [2.24, 2.45) is 15.7 Å². The van der Waals surface area contributed by atoms with Crippen LogP contribution in [0.25, 0.3) is 0 Å². The van der Waals surface area contributed by atoms with Crippen molar-refractivity contribution in [3.05, 3.63) is 54.1 Å². The molecular weight excluding hydrogens is 240 g/mol. The summed E-state index contributed by atoms with van der Waals surface area (Å²) in [6, 6.07) is 13.6. The molecule has 19 heavy (non-hydrogen) atoms. The summed E-state index contributed by atoms with van der Waals surface area (Å²) in [5.41, 5.74) is 13.5. The number of benzene rings is 2. The zero-order valence-electron chi connectivity index (χ0n) is 10.2. The van der Waals surface area contributed by atoms with E-state index in [9.17, 15) is 0 Å². The van der Waals surface area contributed by atoms with Crippen molar-refractivity contribution in [3.8, 4) is 5.75 Å². The van der Waals surface area contributed by atoms with Gasteiger partial charge in [0.2, 0.25) is 0 Å². The van der Waals surface area contributed by atoms with Gasteiger partial charge >= 0.3 is 0 Å². The summed E-state index contributed by atoms with van der Waals surface area (Å²) in [6.45, 7) is 0. The Balaban J connectivity index is 2.09. The number of rotatable bonds is 3. The Morgan fingerprint density at radius 2 is 1.63 bits per heavy atom. The van der Waals surface area contributed by atoms with Crippen molar-refractivity contribution < 1.29 is 5.11 Å². The van der Waals surface area contributed by atoms with Gasteiger partial charge in [-0.2, -0.15) is 0 Å². The lowest BCUT2D eigenvalue weighted by molar-refractivity contribution is 0.475. The van der Waals surface area contributed by atoms with Gasteiger partial charge in [-0.25, -0.2) is 9.98 Å². The minimum absolute atomic E-state index is 0.198. The average Bonchev–Trinajstić information content (AvgIpc) is 2.41. The van der Waals surface area contributed by atoms with Gasteiger partial charge in [0.25, 0.3) is 0 Å². The van der Waals surface area contributed by atoms with Gasteiger partial charge in [0.05, 0.1) is 5.69 Å². The van der Waals surface area contributed by atoms with Crippen molar-refractivity contribution in [3.63, 3.8) is 0 Å². The van der Waals surface area contributed by atoms with Crippen LogP contribution in [0.1, 0.15) is 5.56 Å². The van der Waals surface area contributed by atoms with Crippen molar-refractivity contribution >= 4 is 23.5 Å². The SMILES string of the molecule is NC(=NC=Nc1ccc(O)cc1)c1ccc(N)cc1. The van der Waals surface area contributed by atoms with Gasteiger partial charge in [-0.15, -0.1) is 0 Å². The van der Waals surface area contributed by atoms with Crippen molar-refractivity contribution in [1.82, 2.24) is 0 Å². The molecule has 0 saturated heterocycles. The van der Waals surface area contributed by atoms with Crippen LogP contribution in [-0.4, -0.2) is 17.3 Å². The Morgan fingerprint density at radius 1 is 1.00 bits per heavy atom. The first-order chi connectivity index (χ1) is 9.15. The molecule has 0 aliphatic rings. The molecular formula is C14H14N4O. The minimum atomic E-state index is 0.198. The second kappa shape index (κ2) is 5.68. The number of nitrogens with zero attached hydrogens (tertiary/aromatic N) is 2. The molecule has 5 nitrogen and oxygen atoms in total. The summed E-state index contributed by atoms with van der Waals surface area (Å²) in [6.07, 6.45) is 1.37. The topological polar surface area (TPSA) is 97.0 Å². The zero-order chi connectivity index (χ0) is 13.7. The molecule has 2 rings (SSSR count). The van der Waals surface area contributed by atoms with Gasteiger partial charge in [0, 0.05) is 11.3 Å². The van der Waals surface area contributed by atoms with Crippen LogP contribution in [0.5, 0.6) is 5.75 Å². The van der Waals surface area contributed by atoms with Crippen LogP contribution in [-0.2, 0) is 0 Å². The summed E-state index contributed by atoms with van der Waals surface area (Å²) < 4.78 is 0. The highest BCUT2D eigenvalue weighted by atomic mass is 16.3. The largest absolute Gasteiger partial charge is 0.508 e. The van der Waals surface area contributed by atoms with Gasteiger partial charge in [-0.1, -0.05) is 0 Å². The Morgan fingerprint density at radius 3 is 2.26 bits per heavy atom. The van der Waals surface area contributed by atoms with Crippen molar-refractivity contribution in [2.75, 3.05) is 5.73 Å². The molecule has 0 radical (unpaired) electrons. The van der Waals surface area contributed by atoms with Crippen molar-refractivity contribution in [2.45, 2.75) is 0 Å². The van der Waals surface area contributed by atoms with Crippen molar-refractivity contribution in [1.29, 1.82) is 0 Å². The molecule has 0 bridgehead atoms. The van der Waals surface area contributed by atoms with E-state index in [1.807, 2.05) is 0 Å². The fourth-order valence-corrected chi connectivity index (χ4v) is 1.42. The first kappa shape index (κ1) is 12.6. The van der Waals surface area contributed by atoms with E-state index in [1.54, 1.807) is 48.5 Å². The van der Waals surface area contributed by atoms with Gasteiger partial charge < -0.3 is 16.6 Å². The molecule has 0 atom stereocenters. The first-order valence-corrected chi connectivity index (χ1v) is 5.66. The smallest absolute Gasteiger partial charge is 0.132 e. The van der Waals surface area contributed by atoms with Gasteiger partial charge in [0.15, 0.2) is 0 Å². The highest BCUT2D eigenvalue weighted by Crippen LogP contribution is 2.15. The number of phenols is 1. The lowest BCUT2D eigenvalue weighted by Crippen LogP contribution is -2.13. The maximum atomic E-state index is 9.13.